The number of piperidine rings is 2. The first kappa shape index (κ1) is 17.0. The SMILES string of the molecule is COCCN1C[C@]2(CCCN(c3nccnc3OC)C2)CCC1=O. The first-order valence-electron chi connectivity index (χ1n) is 8.54. The summed E-state index contributed by atoms with van der Waals surface area (Å²) in [5.74, 6) is 1.61. The molecule has 132 valence electrons. The van der Waals surface area contributed by atoms with Crippen LogP contribution < -0.4 is 9.64 Å². The Labute approximate surface area is 143 Å². The number of carbonyl (C=O) groups is 1. The van der Waals surface area contributed by atoms with Crippen molar-refractivity contribution in [3.63, 3.8) is 0 Å². The summed E-state index contributed by atoms with van der Waals surface area (Å²) in [5.41, 5.74) is 0.127. The lowest BCUT2D eigenvalue weighted by Crippen LogP contribution is -2.54. The highest BCUT2D eigenvalue weighted by Crippen LogP contribution is 2.40. The van der Waals surface area contributed by atoms with Gasteiger partial charge in [0.05, 0.1) is 13.7 Å². The smallest absolute Gasteiger partial charge is 0.257 e. The van der Waals surface area contributed by atoms with E-state index in [2.05, 4.69) is 14.9 Å². The molecule has 0 unspecified atom stereocenters. The first-order chi connectivity index (χ1) is 11.7. The molecular weight excluding hydrogens is 308 g/mol. The third kappa shape index (κ3) is 3.45. The Morgan fingerprint density at radius 1 is 1.21 bits per heavy atom. The number of aromatic nitrogens is 2. The minimum atomic E-state index is 0.127. The Hall–Kier alpha value is -1.89. The van der Waals surface area contributed by atoms with Crippen molar-refractivity contribution in [3.05, 3.63) is 12.4 Å². The van der Waals surface area contributed by atoms with Crippen LogP contribution in [-0.2, 0) is 9.53 Å². The van der Waals surface area contributed by atoms with E-state index in [0.717, 1.165) is 44.7 Å². The quantitative estimate of drug-likeness (QED) is 0.809. The molecule has 24 heavy (non-hydrogen) atoms. The van der Waals surface area contributed by atoms with E-state index in [4.69, 9.17) is 9.47 Å². The molecular formula is C17H26N4O3. The molecule has 0 saturated carbocycles. The number of ether oxygens (including phenoxy) is 2. The van der Waals surface area contributed by atoms with Gasteiger partial charge in [-0.25, -0.2) is 9.97 Å². The minimum absolute atomic E-state index is 0.127. The van der Waals surface area contributed by atoms with Gasteiger partial charge < -0.3 is 19.3 Å². The Morgan fingerprint density at radius 3 is 2.83 bits per heavy atom. The van der Waals surface area contributed by atoms with E-state index in [9.17, 15) is 4.79 Å². The maximum atomic E-state index is 12.2. The van der Waals surface area contributed by atoms with Crippen LogP contribution in [0.5, 0.6) is 5.88 Å². The standard InChI is InChI=1S/C17H26N4O3/c1-23-11-10-20-12-17(6-4-14(20)22)5-3-9-21(13-17)15-16(24-2)19-8-7-18-15/h7-8H,3-6,9-13H2,1-2H3/t17-/m0/s1. The third-order valence-electron chi connectivity index (χ3n) is 5.11. The highest BCUT2D eigenvalue weighted by molar-refractivity contribution is 5.77. The molecule has 7 heteroatoms. The molecule has 7 nitrogen and oxygen atoms in total. The summed E-state index contributed by atoms with van der Waals surface area (Å²) < 4.78 is 10.5. The highest BCUT2D eigenvalue weighted by atomic mass is 16.5. The van der Waals surface area contributed by atoms with Crippen LogP contribution in [0.3, 0.4) is 0 Å². The second-order valence-electron chi connectivity index (χ2n) is 6.72. The van der Waals surface area contributed by atoms with Crippen molar-refractivity contribution in [3.8, 4) is 5.88 Å². The van der Waals surface area contributed by atoms with Crippen molar-refractivity contribution in [1.82, 2.24) is 14.9 Å². The first-order valence-corrected chi connectivity index (χ1v) is 8.54. The van der Waals surface area contributed by atoms with E-state index < -0.39 is 0 Å². The number of nitrogens with zero attached hydrogens (tertiary/aromatic N) is 4. The fourth-order valence-corrected chi connectivity index (χ4v) is 3.91. The predicted molar refractivity (Wildman–Crippen MR) is 90.2 cm³/mol. The van der Waals surface area contributed by atoms with Gasteiger partial charge in [0.2, 0.25) is 5.91 Å². The van der Waals surface area contributed by atoms with Gasteiger partial charge in [-0.1, -0.05) is 0 Å². The van der Waals surface area contributed by atoms with Crippen LogP contribution in [0.2, 0.25) is 0 Å². The van der Waals surface area contributed by atoms with Gasteiger partial charge in [0, 0.05) is 57.5 Å². The molecule has 2 saturated heterocycles. The van der Waals surface area contributed by atoms with Crippen LogP contribution in [0.15, 0.2) is 12.4 Å². The lowest BCUT2D eigenvalue weighted by atomic mass is 9.73. The van der Waals surface area contributed by atoms with E-state index in [-0.39, 0.29) is 11.3 Å². The van der Waals surface area contributed by atoms with Gasteiger partial charge in [-0.05, 0) is 19.3 Å². The van der Waals surface area contributed by atoms with Crippen molar-refractivity contribution < 1.29 is 14.3 Å². The molecule has 0 aliphatic carbocycles. The molecule has 0 radical (unpaired) electrons. The van der Waals surface area contributed by atoms with E-state index in [1.807, 2.05) is 4.90 Å². The normalized spacial score (nSPS) is 24.5. The van der Waals surface area contributed by atoms with Gasteiger partial charge >= 0.3 is 0 Å². The zero-order chi connectivity index (χ0) is 17.0. The summed E-state index contributed by atoms with van der Waals surface area (Å²) in [6.45, 7) is 3.89. The molecule has 1 spiro atoms. The Kier molecular flexibility index (Phi) is 5.18. The molecule has 2 aliphatic heterocycles. The number of methoxy groups -OCH3 is 2. The average Bonchev–Trinajstić information content (AvgIpc) is 2.63. The molecule has 0 N–H and O–H groups in total. The van der Waals surface area contributed by atoms with Crippen LogP contribution in [0.4, 0.5) is 5.82 Å². The summed E-state index contributed by atoms with van der Waals surface area (Å²) in [4.78, 5) is 25.2. The summed E-state index contributed by atoms with van der Waals surface area (Å²) in [6, 6.07) is 0. The molecule has 3 heterocycles. The predicted octanol–water partition coefficient (Wildman–Crippen LogP) is 1.34. The number of carbonyl (C=O) groups excluding carboxylic acids is 1. The molecule has 2 fully saturated rings. The zero-order valence-electron chi connectivity index (χ0n) is 14.5. The van der Waals surface area contributed by atoms with Crippen LogP contribution in [0, 0.1) is 5.41 Å². The van der Waals surface area contributed by atoms with Crippen LogP contribution in [-0.4, -0.2) is 67.8 Å². The number of amides is 1. The molecule has 1 atom stereocenters. The van der Waals surface area contributed by atoms with Gasteiger partial charge in [0.15, 0.2) is 5.82 Å². The van der Waals surface area contributed by atoms with Crippen molar-refractivity contribution in [2.24, 2.45) is 5.41 Å². The fraction of sp³-hybridized carbons (Fsp3) is 0.706. The third-order valence-corrected chi connectivity index (χ3v) is 5.11. The maximum Gasteiger partial charge on any atom is 0.257 e. The monoisotopic (exact) mass is 334 g/mol. The van der Waals surface area contributed by atoms with Gasteiger partial charge in [0.25, 0.3) is 5.88 Å². The van der Waals surface area contributed by atoms with Gasteiger partial charge in [-0.3, -0.25) is 4.79 Å². The van der Waals surface area contributed by atoms with Crippen molar-refractivity contribution in [2.75, 3.05) is 51.9 Å². The molecule has 0 bridgehead atoms. The van der Waals surface area contributed by atoms with E-state index in [1.54, 1.807) is 26.6 Å². The Bertz CT molecular complexity index is 583. The number of rotatable bonds is 5. The number of likely N-dealkylation sites (tertiary alicyclic amines) is 1. The number of hydrogen-bond donors (Lipinski definition) is 0. The number of hydrogen-bond acceptors (Lipinski definition) is 6. The Morgan fingerprint density at radius 2 is 2.04 bits per heavy atom. The largest absolute Gasteiger partial charge is 0.478 e. The Balaban J connectivity index is 1.75. The molecule has 3 rings (SSSR count). The maximum absolute atomic E-state index is 12.2. The lowest BCUT2D eigenvalue weighted by Gasteiger charge is -2.48. The summed E-state index contributed by atoms with van der Waals surface area (Å²) in [7, 11) is 3.30. The van der Waals surface area contributed by atoms with Crippen LogP contribution in [0.25, 0.3) is 0 Å². The van der Waals surface area contributed by atoms with Crippen LogP contribution in [0.1, 0.15) is 25.7 Å². The summed E-state index contributed by atoms with van der Waals surface area (Å²) in [5, 5.41) is 0. The van der Waals surface area contributed by atoms with Gasteiger partial charge in [0.1, 0.15) is 0 Å². The molecule has 0 aromatic carbocycles. The minimum Gasteiger partial charge on any atom is -0.478 e. The van der Waals surface area contributed by atoms with Crippen molar-refractivity contribution >= 4 is 11.7 Å². The van der Waals surface area contributed by atoms with Gasteiger partial charge in [-0.15, -0.1) is 0 Å². The summed E-state index contributed by atoms with van der Waals surface area (Å²) >= 11 is 0. The second kappa shape index (κ2) is 7.34. The van der Waals surface area contributed by atoms with E-state index >= 15 is 0 Å². The van der Waals surface area contributed by atoms with Crippen molar-refractivity contribution in [2.45, 2.75) is 25.7 Å². The average molecular weight is 334 g/mol. The zero-order valence-corrected chi connectivity index (χ0v) is 14.5. The lowest BCUT2D eigenvalue weighted by molar-refractivity contribution is -0.138. The molecule has 2 aliphatic rings. The molecule has 1 aromatic heterocycles. The highest BCUT2D eigenvalue weighted by Gasteiger charge is 2.42. The second-order valence-corrected chi connectivity index (χ2v) is 6.72. The van der Waals surface area contributed by atoms with Gasteiger partial charge in [-0.2, -0.15) is 0 Å². The topological polar surface area (TPSA) is 67.8 Å². The fourth-order valence-electron chi connectivity index (χ4n) is 3.91. The van der Waals surface area contributed by atoms with Crippen molar-refractivity contribution in [1.29, 1.82) is 0 Å². The number of anilines is 1. The van der Waals surface area contributed by atoms with Crippen LogP contribution >= 0.6 is 0 Å². The van der Waals surface area contributed by atoms with E-state index in [1.165, 1.54) is 0 Å². The molecule has 1 aromatic rings. The molecule has 1 amide bonds. The summed E-state index contributed by atoms with van der Waals surface area (Å²) in [6.07, 6.45) is 7.14. The van der Waals surface area contributed by atoms with E-state index in [0.29, 0.717) is 25.5 Å².